The van der Waals surface area contributed by atoms with Crippen molar-refractivity contribution in [2.45, 2.75) is 57.0 Å². The molecule has 2 saturated heterocycles. The summed E-state index contributed by atoms with van der Waals surface area (Å²) in [7, 11) is 0. The number of pyridine rings is 1. The summed E-state index contributed by atoms with van der Waals surface area (Å²) >= 11 is 0. The maximum absolute atomic E-state index is 10.6. The van der Waals surface area contributed by atoms with Crippen LogP contribution in [0.15, 0.2) is 41.1 Å². The summed E-state index contributed by atoms with van der Waals surface area (Å²) in [5.74, 6) is -3.51. The third-order valence-corrected chi connectivity index (χ3v) is 5.44. The number of carbonyl (C=O) groups is 2. The molecular formula is C23H26F6N2O7. The van der Waals surface area contributed by atoms with E-state index < -0.39 is 24.3 Å². The number of halogens is 6. The predicted octanol–water partition coefficient (Wildman–Crippen LogP) is 4.20. The molecule has 0 aliphatic carbocycles. The molecule has 2 atom stereocenters. The smallest absolute Gasteiger partial charge is 0.475 e. The molecule has 0 saturated carbocycles. The lowest BCUT2D eigenvalue weighted by Gasteiger charge is -2.23. The number of ether oxygens (including phenoxy) is 2. The second kappa shape index (κ2) is 13.1. The van der Waals surface area contributed by atoms with Crippen LogP contribution in [0.1, 0.15) is 29.9 Å². The van der Waals surface area contributed by atoms with Gasteiger partial charge in [0.2, 0.25) is 0 Å². The number of rotatable bonds is 5. The Labute approximate surface area is 213 Å². The van der Waals surface area contributed by atoms with Crippen LogP contribution in [0.2, 0.25) is 0 Å². The molecule has 0 unspecified atom stereocenters. The van der Waals surface area contributed by atoms with Gasteiger partial charge >= 0.3 is 24.3 Å². The molecule has 1 spiro atoms. The fraction of sp³-hybridized carbons (Fsp3) is 0.522. The average molecular weight is 556 g/mol. The summed E-state index contributed by atoms with van der Waals surface area (Å²) in [4.78, 5) is 24.3. The molecule has 2 N–H and O–H groups in total. The van der Waals surface area contributed by atoms with Gasteiger partial charge in [-0.15, -0.1) is 0 Å². The van der Waals surface area contributed by atoms with E-state index >= 15 is 0 Å². The summed E-state index contributed by atoms with van der Waals surface area (Å²) in [5.41, 5.74) is 1.07. The van der Waals surface area contributed by atoms with E-state index in [2.05, 4.69) is 16.0 Å². The van der Waals surface area contributed by atoms with Crippen molar-refractivity contribution >= 4 is 11.9 Å². The second-order valence-corrected chi connectivity index (χ2v) is 8.57. The molecule has 2 aromatic heterocycles. The van der Waals surface area contributed by atoms with E-state index in [1.165, 1.54) is 0 Å². The van der Waals surface area contributed by atoms with Crippen molar-refractivity contribution in [1.82, 2.24) is 9.88 Å². The van der Waals surface area contributed by atoms with Crippen molar-refractivity contribution in [3.05, 3.63) is 53.7 Å². The highest BCUT2D eigenvalue weighted by Crippen LogP contribution is 2.37. The number of carboxylic acid groups (broad SMARTS) is 2. The zero-order valence-electron chi connectivity index (χ0n) is 20.1. The van der Waals surface area contributed by atoms with Gasteiger partial charge in [0.1, 0.15) is 11.5 Å². The summed E-state index contributed by atoms with van der Waals surface area (Å²) in [5, 5.41) is 14.2. The minimum absolute atomic E-state index is 0.0404. The number of aryl methyl sites for hydroxylation is 1. The number of likely N-dealkylation sites (tertiary alicyclic amines) is 1. The Bertz CT molecular complexity index is 1020. The number of hydrogen-bond acceptors (Lipinski definition) is 7. The van der Waals surface area contributed by atoms with Crippen molar-refractivity contribution in [3.63, 3.8) is 0 Å². The average Bonchev–Trinajstić information content (AvgIpc) is 3.54. The second-order valence-electron chi connectivity index (χ2n) is 8.57. The van der Waals surface area contributed by atoms with Gasteiger partial charge < -0.3 is 24.1 Å². The molecule has 9 nitrogen and oxygen atoms in total. The first-order valence-corrected chi connectivity index (χ1v) is 11.1. The largest absolute Gasteiger partial charge is 0.490 e. The normalized spacial score (nSPS) is 21.4. The monoisotopic (exact) mass is 556 g/mol. The van der Waals surface area contributed by atoms with Crippen LogP contribution in [0, 0.1) is 6.92 Å². The fourth-order valence-corrected chi connectivity index (χ4v) is 3.74. The van der Waals surface area contributed by atoms with Gasteiger partial charge in [-0.2, -0.15) is 26.3 Å². The fourth-order valence-electron chi connectivity index (χ4n) is 3.74. The molecule has 0 amide bonds. The zero-order chi connectivity index (χ0) is 28.6. The van der Waals surface area contributed by atoms with Gasteiger partial charge in [-0.25, -0.2) is 9.59 Å². The lowest BCUT2D eigenvalue weighted by atomic mass is 9.98. The van der Waals surface area contributed by atoms with Crippen molar-refractivity contribution in [1.29, 1.82) is 0 Å². The van der Waals surface area contributed by atoms with E-state index in [4.69, 9.17) is 33.7 Å². The highest BCUT2D eigenvalue weighted by atomic mass is 19.4. The first-order chi connectivity index (χ1) is 17.6. The maximum atomic E-state index is 10.6. The van der Waals surface area contributed by atoms with Crippen LogP contribution in [-0.4, -0.2) is 75.8 Å². The molecule has 2 fully saturated rings. The Kier molecular flexibility index (Phi) is 10.7. The minimum atomic E-state index is -5.08. The van der Waals surface area contributed by atoms with Gasteiger partial charge in [-0.1, -0.05) is 6.07 Å². The molecule has 2 aromatic rings. The number of aromatic nitrogens is 1. The number of alkyl halides is 6. The Balaban J connectivity index is 0.000000301. The SMILES string of the molecule is Cc1ccc(CN2CC[C@]3(C[C@@H](OCc4cccnc4)CO3)C2)o1.O=C(O)C(F)(F)F.O=C(O)C(F)(F)F. The Morgan fingerprint density at radius 1 is 1.13 bits per heavy atom. The van der Waals surface area contributed by atoms with Crippen LogP contribution < -0.4 is 0 Å². The number of nitrogens with zero attached hydrogens (tertiary/aromatic N) is 2. The zero-order valence-corrected chi connectivity index (χ0v) is 20.1. The molecule has 2 aliphatic rings. The van der Waals surface area contributed by atoms with Gasteiger partial charge in [-0.3, -0.25) is 9.88 Å². The van der Waals surface area contributed by atoms with E-state index in [0.29, 0.717) is 13.2 Å². The molecule has 2 aliphatic heterocycles. The number of furan rings is 1. The van der Waals surface area contributed by atoms with Crippen molar-refractivity contribution in [2.24, 2.45) is 0 Å². The van der Waals surface area contributed by atoms with Gasteiger partial charge in [0.15, 0.2) is 0 Å². The lowest BCUT2D eigenvalue weighted by molar-refractivity contribution is -0.193. The number of aliphatic carboxylic acids is 2. The lowest BCUT2D eigenvalue weighted by Crippen LogP contribution is -2.32. The predicted molar refractivity (Wildman–Crippen MR) is 117 cm³/mol. The van der Waals surface area contributed by atoms with E-state index in [0.717, 1.165) is 49.6 Å². The van der Waals surface area contributed by atoms with Crippen molar-refractivity contribution < 1.29 is 60.0 Å². The standard InChI is InChI=1S/C19H24N2O3.2C2HF3O2/c1-15-4-5-17(24-15)11-21-8-6-19(14-21)9-18(13-23-19)22-12-16-3-2-7-20-10-16;2*3-2(4,5)1(6)7/h2-5,7,10,18H,6,8-9,11-14H2,1H3;2*(H,6,7)/t18-,19+;;/m1../s1. The van der Waals surface area contributed by atoms with E-state index in [-0.39, 0.29) is 11.7 Å². The molecule has 0 radical (unpaired) electrons. The molecular weight excluding hydrogens is 530 g/mol. The summed E-state index contributed by atoms with van der Waals surface area (Å²) in [6.45, 7) is 6.15. The number of carboxylic acids is 2. The molecule has 38 heavy (non-hydrogen) atoms. The molecule has 0 bridgehead atoms. The first-order valence-electron chi connectivity index (χ1n) is 11.1. The summed E-state index contributed by atoms with van der Waals surface area (Å²) in [6, 6.07) is 8.07. The third kappa shape index (κ3) is 10.3. The van der Waals surface area contributed by atoms with Gasteiger partial charge in [0.05, 0.1) is 31.5 Å². The van der Waals surface area contributed by atoms with Crippen LogP contribution >= 0.6 is 0 Å². The van der Waals surface area contributed by atoms with Crippen LogP contribution in [0.25, 0.3) is 0 Å². The third-order valence-electron chi connectivity index (χ3n) is 5.44. The Morgan fingerprint density at radius 3 is 2.26 bits per heavy atom. The first kappa shape index (κ1) is 31.1. The topological polar surface area (TPSA) is 122 Å². The van der Waals surface area contributed by atoms with Crippen LogP contribution in [0.5, 0.6) is 0 Å². The van der Waals surface area contributed by atoms with Gasteiger partial charge in [-0.05, 0) is 37.1 Å². The van der Waals surface area contributed by atoms with E-state index in [9.17, 15) is 26.3 Å². The van der Waals surface area contributed by atoms with E-state index in [1.54, 1.807) is 6.20 Å². The Morgan fingerprint density at radius 2 is 1.76 bits per heavy atom. The van der Waals surface area contributed by atoms with Crippen LogP contribution in [0.3, 0.4) is 0 Å². The molecule has 4 rings (SSSR count). The number of hydrogen-bond donors (Lipinski definition) is 2. The molecule has 15 heteroatoms. The molecule has 212 valence electrons. The van der Waals surface area contributed by atoms with E-state index in [1.807, 2.05) is 31.3 Å². The van der Waals surface area contributed by atoms with Crippen LogP contribution in [-0.2, 0) is 32.2 Å². The maximum Gasteiger partial charge on any atom is 0.490 e. The minimum Gasteiger partial charge on any atom is -0.475 e. The van der Waals surface area contributed by atoms with Crippen LogP contribution in [0.4, 0.5) is 26.3 Å². The Hall–Kier alpha value is -3.17. The quantitative estimate of drug-likeness (QED) is 0.522. The molecule has 4 heterocycles. The summed E-state index contributed by atoms with van der Waals surface area (Å²) in [6.07, 6.45) is -4.31. The van der Waals surface area contributed by atoms with Gasteiger partial charge in [0.25, 0.3) is 0 Å². The van der Waals surface area contributed by atoms with Crippen molar-refractivity contribution in [2.75, 3.05) is 19.7 Å². The highest BCUT2D eigenvalue weighted by Gasteiger charge is 2.46. The summed E-state index contributed by atoms with van der Waals surface area (Å²) < 4.78 is 81.4. The van der Waals surface area contributed by atoms with Gasteiger partial charge in [0, 0.05) is 31.9 Å². The van der Waals surface area contributed by atoms with Crippen molar-refractivity contribution in [3.8, 4) is 0 Å². The molecule has 0 aromatic carbocycles. The highest BCUT2D eigenvalue weighted by molar-refractivity contribution is 5.73.